The molecule has 10 heteroatoms. The number of hydrogen-bond acceptors (Lipinski definition) is 6. The van der Waals surface area contributed by atoms with Crippen LogP contribution in [0.5, 0.6) is 23.0 Å². The van der Waals surface area contributed by atoms with Crippen LogP contribution in [-0.4, -0.2) is 38.1 Å². The first kappa shape index (κ1) is 59.2. The Hall–Kier alpha value is -2.84. The number of halogens is 2. The SMILES string of the molecule is CCCCCCCCCCCCCCCOc1cc(OCCCCCCCCOc2cc(OCCCCCCCCCCCCCCC)cc(C(=N)N)c2)cc(C(=N)N)c1.Cl.Cl. The summed E-state index contributed by atoms with van der Waals surface area (Å²) in [6.45, 7) is 7.14. The van der Waals surface area contributed by atoms with Crippen molar-refractivity contribution in [1.29, 1.82) is 10.8 Å². The van der Waals surface area contributed by atoms with Crippen LogP contribution in [0.4, 0.5) is 0 Å². The molecule has 0 amide bonds. The molecule has 0 aliphatic heterocycles. The largest absolute Gasteiger partial charge is 0.493 e. The van der Waals surface area contributed by atoms with Crippen molar-refractivity contribution in [3.63, 3.8) is 0 Å². The van der Waals surface area contributed by atoms with E-state index in [0.29, 0.717) is 49.1 Å². The average Bonchev–Trinajstić information content (AvgIpc) is 3.24. The summed E-state index contributed by atoms with van der Waals surface area (Å²) in [7, 11) is 0. The van der Waals surface area contributed by atoms with Gasteiger partial charge in [0, 0.05) is 23.3 Å². The second-order valence-electron chi connectivity index (χ2n) is 17.2. The highest BCUT2D eigenvalue weighted by Crippen LogP contribution is 2.26. The molecule has 6 N–H and O–H groups in total. The fraction of sp³-hybridized carbons (Fsp3) is 0.731. The predicted octanol–water partition coefficient (Wildman–Crippen LogP) is 15.8. The minimum absolute atomic E-state index is 0. The molecule has 0 spiro atoms. The van der Waals surface area contributed by atoms with Gasteiger partial charge < -0.3 is 30.4 Å². The van der Waals surface area contributed by atoms with Gasteiger partial charge >= 0.3 is 0 Å². The van der Waals surface area contributed by atoms with Gasteiger partial charge in [-0.25, -0.2) is 0 Å². The molecule has 2 aromatic carbocycles. The molecular weight excluding hydrogens is 816 g/mol. The number of ether oxygens (including phenoxy) is 4. The molecule has 62 heavy (non-hydrogen) atoms. The summed E-state index contributed by atoms with van der Waals surface area (Å²) >= 11 is 0. The van der Waals surface area contributed by atoms with Crippen LogP contribution in [-0.2, 0) is 0 Å². The minimum Gasteiger partial charge on any atom is -0.493 e. The lowest BCUT2D eigenvalue weighted by Crippen LogP contribution is -2.12. The molecule has 2 rings (SSSR count). The minimum atomic E-state index is 0. The maximum atomic E-state index is 7.96. The number of nitrogens with one attached hydrogen (secondary N) is 2. The average molecular weight is 908 g/mol. The third kappa shape index (κ3) is 32.8. The molecular formula is C52H92Cl2N4O4. The molecule has 8 nitrogen and oxygen atoms in total. The Labute approximate surface area is 392 Å². The summed E-state index contributed by atoms with van der Waals surface area (Å²) < 4.78 is 24.3. The molecule has 0 aromatic heterocycles. The van der Waals surface area contributed by atoms with Gasteiger partial charge in [0.05, 0.1) is 26.4 Å². The van der Waals surface area contributed by atoms with Crippen LogP contribution < -0.4 is 30.4 Å². The molecule has 0 aliphatic rings. The van der Waals surface area contributed by atoms with E-state index in [2.05, 4.69) is 13.8 Å². The molecule has 0 heterocycles. The van der Waals surface area contributed by atoms with E-state index < -0.39 is 0 Å². The fourth-order valence-electron chi connectivity index (χ4n) is 7.70. The number of amidine groups is 2. The van der Waals surface area contributed by atoms with E-state index in [1.165, 1.54) is 154 Å². The maximum Gasteiger partial charge on any atom is 0.123 e. The van der Waals surface area contributed by atoms with E-state index in [0.717, 1.165) is 62.9 Å². The molecule has 0 atom stereocenters. The van der Waals surface area contributed by atoms with Crippen LogP contribution in [0.3, 0.4) is 0 Å². The molecule has 0 bridgehead atoms. The molecule has 0 fully saturated rings. The van der Waals surface area contributed by atoms with Gasteiger partial charge in [-0.1, -0.05) is 194 Å². The van der Waals surface area contributed by atoms with E-state index in [-0.39, 0.29) is 36.5 Å². The summed E-state index contributed by atoms with van der Waals surface area (Å²) in [4.78, 5) is 0. The van der Waals surface area contributed by atoms with Crippen LogP contribution in [0.25, 0.3) is 0 Å². The number of nitrogens with two attached hydrogens (primary N) is 2. The lowest BCUT2D eigenvalue weighted by molar-refractivity contribution is 0.285. The summed E-state index contributed by atoms with van der Waals surface area (Å²) in [6.07, 6.45) is 40.9. The second kappa shape index (κ2) is 42.1. The Balaban J connectivity index is 0.0000186. The third-order valence-corrected chi connectivity index (χ3v) is 11.5. The van der Waals surface area contributed by atoms with Crippen molar-refractivity contribution >= 4 is 36.5 Å². The van der Waals surface area contributed by atoms with Crippen molar-refractivity contribution in [2.24, 2.45) is 11.5 Å². The topological polar surface area (TPSA) is 137 Å². The zero-order valence-corrected chi connectivity index (χ0v) is 41.2. The van der Waals surface area contributed by atoms with Crippen LogP contribution in [0.15, 0.2) is 36.4 Å². The van der Waals surface area contributed by atoms with Crippen molar-refractivity contribution in [2.75, 3.05) is 26.4 Å². The van der Waals surface area contributed by atoms with Gasteiger partial charge in [-0.3, -0.25) is 10.8 Å². The van der Waals surface area contributed by atoms with Gasteiger partial charge in [-0.15, -0.1) is 24.8 Å². The third-order valence-electron chi connectivity index (χ3n) is 11.5. The summed E-state index contributed by atoms with van der Waals surface area (Å²) in [5, 5.41) is 15.9. The quantitative estimate of drug-likeness (QED) is 0.0297. The van der Waals surface area contributed by atoms with Crippen molar-refractivity contribution in [3.05, 3.63) is 47.5 Å². The standard InChI is InChI=1S/C52H90N4O4.2ClH/c1-3-5-7-9-11-13-15-17-19-21-23-27-31-35-57-47-39-45(51(53)54)41-49(43-47)59-37-33-29-25-26-30-34-38-60-50-42-46(52(55)56)40-48(44-50)58-36-32-28-24-22-20-18-16-14-12-10-8-6-4-2;;/h39-44H,3-38H2,1-2H3,(H3,53,54)(H3,55,56);2*1H. The number of benzene rings is 2. The second-order valence-corrected chi connectivity index (χ2v) is 17.2. The molecule has 0 saturated heterocycles. The van der Waals surface area contributed by atoms with Crippen molar-refractivity contribution in [1.82, 2.24) is 0 Å². The summed E-state index contributed by atoms with van der Waals surface area (Å²) in [5.41, 5.74) is 12.9. The zero-order valence-electron chi connectivity index (χ0n) is 39.5. The highest BCUT2D eigenvalue weighted by Gasteiger charge is 2.08. The molecule has 0 saturated carbocycles. The van der Waals surface area contributed by atoms with E-state index in [4.69, 9.17) is 41.2 Å². The smallest absolute Gasteiger partial charge is 0.123 e. The van der Waals surface area contributed by atoms with Gasteiger partial charge in [0.2, 0.25) is 0 Å². The van der Waals surface area contributed by atoms with E-state index in [9.17, 15) is 0 Å². The van der Waals surface area contributed by atoms with Gasteiger partial charge in [-0.2, -0.15) is 0 Å². The Morgan fingerprint density at radius 1 is 0.323 bits per heavy atom. The van der Waals surface area contributed by atoms with Crippen molar-refractivity contribution in [2.45, 2.75) is 219 Å². The van der Waals surface area contributed by atoms with E-state index in [1.807, 2.05) is 36.4 Å². The van der Waals surface area contributed by atoms with Gasteiger partial charge in [0.15, 0.2) is 0 Å². The number of nitrogen functional groups attached to an aromatic ring is 2. The summed E-state index contributed by atoms with van der Waals surface area (Å²) in [6, 6.07) is 11.2. The van der Waals surface area contributed by atoms with Crippen molar-refractivity contribution in [3.8, 4) is 23.0 Å². The van der Waals surface area contributed by atoms with Crippen molar-refractivity contribution < 1.29 is 18.9 Å². The molecule has 0 unspecified atom stereocenters. The van der Waals surface area contributed by atoms with Gasteiger partial charge in [0.25, 0.3) is 0 Å². The Bertz CT molecular complexity index is 1260. The highest BCUT2D eigenvalue weighted by atomic mass is 35.5. The lowest BCUT2D eigenvalue weighted by Gasteiger charge is -2.12. The first-order valence-corrected chi connectivity index (χ1v) is 24.9. The Morgan fingerprint density at radius 2 is 0.500 bits per heavy atom. The van der Waals surface area contributed by atoms with E-state index in [1.54, 1.807) is 0 Å². The maximum absolute atomic E-state index is 7.96. The normalized spacial score (nSPS) is 10.8. The molecule has 0 radical (unpaired) electrons. The van der Waals surface area contributed by atoms with Crippen LogP contribution in [0.2, 0.25) is 0 Å². The van der Waals surface area contributed by atoms with Gasteiger partial charge in [-0.05, 0) is 49.9 Å². The van der Waals surface area contributed by atoms with Crippen LogP contribution >= 0.6 is 24.8 Å². The first-order chi connectivity index (χ1) is 29.4. The predicted molar refractivity (Wildman–Crippen MR) is 270 cm³/mol. The number of unbranched alkanes of at least 4 members (excludes halogenated alkanes) is 29. The Kier molecular flexibility index (Phi) is 40.2. The Morgan fingerprint density at radius 3 is 0.677 bits per heavy atom. The monoisotopic (exact) mass is 907 g/mol. The number of hydrogen-bond donors (Lipinski definition) is 4. The number of rotatable bonds is 43. The highest BCUT2D eigenvalue weighted by molar-refractivity contribution is 5.96. The first-order valence-electron chi connectivity index (χ1n) is 24.9. The van der Waals surface area contributed by atoms with Gasteiger partial charge in [0.1, 0.15) is 34.7 Å². The summed E-state index contributed by atoms with van der Waals surface area (Å²) in [5.74, 6) is 2.91. The molecule has 2 aromatic rings. The van der Waals surface area contributed by atoms with E-state index >= 15 is 0 Å². The lowest BCUT2D eigenvalue weighted by atomic mass is 10.0. The fourth-order valence-corrected chi connectivity index (χ4v) is 7.70. The zero-order chi connectivity index (χ0) is 43.1. The molecule has 358 valence electrons. The van der Waals surface area contributed by atoms with Crippen LogP contribution in [0.1, 0.15) is 230 Å². The van der Waals surface area contributed by atoms with Crippen LogP contribution in [0, 0.1) is 10.8 Å². The molecule has 0 aliphatic carbocycles.